The minimum atomic E-state index is -0.517. The average Bonchev–Trinajstić information content (AvgIpc) is 3.49. The Balaban J connectivity index is 1.28. The highest BCUT2D eigenvalue weighted by Gasteiger charge is 2.49. The second kappa shape index (κ2) is 11.7. The fraction of sp³-hybridized carbons (Fsp3) is 0.625. The van der Waals surface area contributed by atoms with Crippen LogP contribution < -0.4 is 15.4 Å². The smallest absolute Gasteiger partial charge is 0.252 e. The van der Waals surface area contributed by atoms with Crippen LogP contribution in [0.15, 0.2) is 35.1 Å². The van der Waals surface area contributed by atoms with Gasteiger partial charge in [0.1, 0.15) is 12.0 Å². The maximum absolute atomic E-state index is 13.3. The Hall–Kier alpha value is -1.76. The number of rotatable bonds is 9. The number of hydrogen-bond acceptors (Lipinski definition) is 7. The molecule has 1 amide bonds. The van der Waals surface area contributed by atoms with Crippen LogP contribution in [0.3, 0.4) is 0 Å². The van der Waals surface area contributed by atoms with Gasteiger partial charge >= 0.3 is 0 Å². The lowest BCUT2D eigenvalue weighted by molar-refractivity contribution is -0.123. The number of hydrogen-bond donors (Lipinski definition) is 2. The van der Waals surface area contributed by atoms with Crippen molar-refractivity contribution in [2.24, 2.45) is 17.0 Å². The molecule has 4 aliphatic rings. The molecule has 1 aromatic rings. The minimum absolute atomic E-state index is 0.0327. The molecule has 4 unspecified atom stereocenters. The van der Waals surface area contributed by atoms with Crippen LogP contribution in [0.5, 0.6) is 5.75 Å². The molecular formula is C24H31ClIN7O3. The number of carbonyl (C=O) groups is 1. The van der Waals surface area contributed by atoms with Crippen molar-refractivity contribution in [3.05, 3.63) is 51.0 Å². The van der Waals surface area contributed by atoms with E-state index in [0.717, 1.165) is 56.2 Å². The zero-order valence-electron chi connectivity index (χ0n) is 20.0. The molecule has 3 fully saturated rings. The van der Waals surface area contributed by atoms with Crippen molar-refractivity contribution in [1.29, 1.82) is 0 Å². The van der Waals surface area contributed by atoms with Gasteiger partial charge < -0.3 is 20.1 Å². The van der Waals surface area contributed by atoms with Crippen LogP contribution in [0.2, 0.25) is 5.02 Å². The van der Waals surface area contributed by atoms with Crippen LogP contribution in [0.4, 0.5) is 0 Å². The number of carbonyl (C=O) groups excluding carboxylic acids is 1. The Morgan fingerprint density at radius 2 is 2.06 bits per heavy atom. The normalized spacial score (nSPS) is 28.4. The number of fused-ring (bicyclic) bond motifs is 1. The summed E-state index contributed by atoms with van der Waals surface area (Å²) >= 11 is 8.64. The number of nitrogens with zero attached hydrogens (tertiary/aromatic N) is 5. The molecule has 12 heteroatoms. The van der Waals surface area contributed by atoms with E-state index in [9.17, 15) is 4.79 Å². The number of piperidine rings is 1. The van der Waals surface area contributed by atoms with Gasteiger partial charge in [0.2, 0.25) is 0 Å². The van der Waals surface area contributed by atoms with E-state index in [1.54, 1.807) is 12.1 Å². The number of ether oxygens (including phenoxy) is 2. The molecular weight excluding hydrogens is 597 g/mol. The Kier molecular flexibility index (Phi) is 8.44. The van der Waals surface area contributed by atoms with Crippen molar-refractivity contribution < 1.29 is 14.3 Å². The molecule has 1 aromatic carbocycles. The molecule has 36 heavy (non-hydrogen) atoms. The lowest BCUT2D eigenvalue weighted by Crippen LogP contribution is -2.59. The standard InChI is InChI=1S/C24H31ClIN7O3/c25-20-8-15(6-7-21(20)36-14-29-31-27)13-35-23-19(22(34)30-18-4-2-1-3-5-18)10-28-24(33(23)26)32-11-16-9-17(16)12-32/h6-8,10,16-18,23-24,28H,1-5,9,11-14H2,(H,30,34). The molecule has 0 aromatic heterocycles. The van der Waals surface area contributed by atoms with Crippen LogP contribution in [0.1, 0.15) is 44.1 Å². The van der Waals surface area contributed by atoms with E-state index in [0.29, 0.717) is 16.3 Å². The maximum Gasteiger partial charge on any atom is 0.252 e. The van der Waals surface area contributed by atoms with E-state index >= 15 is 0 Å². The van der Waals surface area contributed by atoms with Crippen molar-refractivity contribution in [3.63, 3.8) is 0 Å². The van der Waals surface area contributed by atoms with Gasteiger partial charge in [-0.15, -0.1) is 0 Å². The number of benzene rings is 1. The minimum Gasteiger partial charge on any atom is -0.486 e. The van der Waals surface area contributed by atoms with E-state index in [-0.39, 0.29) is 31.6 Å². The van der Waals surface area contributed by atoms with Gasteiger partial charge in [-0.25, -0.2) is 0 Å². The molecule has 2 N–H and O–H groups in total. The zero-order valence-corrected chi connectivity index (χ0v) is 22.9. The molecule has 2 aliphatic heterocycles. The predicted octanol–water partition coefficient (Wildman–Crippen LogP) is 4.65. The number of likely N-dealkylation sites (tertiary alicyclic amines) is 1. The Morgan fingerprint density at radius 3 is 2.78 bits per heavy atom. The van der Waals surface area contributed by atoms with Gasteiger partial charge in [-0.05, 0) is 54.3 Å². The van der Waals surface area contributed by atoms with E-state index in [1.165, 1.54) is 12.8 Å². The third kappa shape index (κ3) is 6.03. The third-order valence-corrected chi connectivity index (χ3v) is 8.74. The molecule has 2 heterocycles. The number of halogens is 2. The number of amides is 1. The average molecular weight is 628 g/mol. The van der Waals surface area contributed by atoms with Gasteiger partial charge in [-0.1, -0.05) is 42.0 Å². The van der Waals surface area contributed by atoms with Gasteiger partial charge in [0.25, 0.3) is 5.91 Å². The van der Waals surface area contributed by atoms with Crippen molar-refractivity contribution in [2.45, 2.75) is 63.7 Å². The maximum atomic E-state index is 13.3. The molecule has 0 bridgehead atoms. The first kappa shape index (κ1) is 25.9. The molecule has 1 saturated heterocycles. The Morgan fingerprint density at radius 1 is 1.28 bits per heavy atom. The summed E-state index contributed by atoms with van der Waals surface area (Å²) < 4.78 is 13.8. The van der Waals surface area contributed by atoms with Crippen LogP contribution in [-0.4, -0.2) is 52.3 Å². The second-order valence-corrected chi connectivity index (χ2v) is 11.5. The van der Waals surface area contributed by atoms with Gasteiger partial charge in [-0.3, -0.25) is 9.69 Å². The number of azide groups is 1. The van der Waals surface area contributed by atoms with E-state index in [1.807, 2.05) is 12.3 Å². The quantitative estimate of drug-likeness (QED) is 0.135. The molecule has 2 aliphatic carbocycles. The van der Waals surface area contributed by atoms with Crippen LogP contribution in [0, 0.1) is 11.8 Å². The lowest BCUT2D eigenvalue weighted by Gasteiger charge is -2.42. The molecule has 4 atom stereocenters. The summed E-state index contributed by atoms with van der Waals surface area (Å²) in [4.78, 5) is 18.4. The Labute approximate surface area is 229 Å². The van der Waals surface area contributed by atoms with Gasteiger partial charge in [-0.2, -0.15) is 3.11 Å². The van der Waals surface area contributed by atoms with Crippen LogP contribution in [-0.2, 0) is 16.1 Å². The first-order valence-corrected chi connectivity index (χ1v) is 13.9. The summed E-state index contributed by atoms with van der Waals surface area (Å²) in [5.74, 6) is 1.96. The van der Waals surface area contributed by atoms with E-state index < -0.39 is 6.23 Å². The fourth-order valence-electron chi connectivity index (χ4n) is 5.37. The monoisotopic (exact) mass is 627 g/mol. The Bertz CT molecular complexity index is 1040. The van der Waals surface area contributed by atoms with E-state index in [4.69, 9.17) is 26.6 Å². The summed E-state index contributed by atoms with van der Waals surface area (Å²) in [7, 11) is 0. The molecule has 10 nitrogen and oxygen atoms in total. The van der Waals surface area contributed by atoms with Gasteiger partial charge in [0, 0.05) is 53.1 Å². The topological polar surface area (TPSA) is 115 Å². The highest BCUT2D eigenvalue weighted by atomic mass is 127. The van der Waals surface area contributed by atoms with Crippen molar-refractivity contribution in [1.82, 2.24) is 18.6 Å². The second-order valence-electron chi connectivity index (χ2n) is 9.93. The number of nitrogens with one attached hydrogen (secondary N) is 2. The van der Waals surface area contributed by atoms with Crippen molar-refractivity contribution in [2.75, 3.05) is 19.8 Å². The first-order valence-electron chi connectivity index (χ1n) is 12.5. The molecule has 0 spiro atoms. The summed E-state index contributed by atoms with van der Waals surface area (Å²) in [6.45, 7) is 2.28. The predicted molar refractivity (Wildman–Crippen MR) is 144 cm³/mol. The van der Waals surface area contributed by atoms with Crippen molar-refractivity contribution >= 4 is 40.4 Å². The van der Waals surface area contributed by atoms with Gasteiger partial charge in [0.15, 0.2) is 13.0 Å². The molecule has 194 valence electrons. The fourth-order valence-corrected chi connectivity index (χ4v) is 6.60. The summed E-state index contributed by atoms with van der Waals surface area (Å²) in [6.07, 6.45) is 8.22. The highest BCUT2D eigenvalue weighted by molar-refractivity contribution is 14.1. The largest absolute Gasteiger partial charge is 0.486 e. The highest BCUT2D eigenvalue weighted by Crippen LogP contribution is 2.46. The van der Waals surface area contributed by atoms with Crippen molar-refractivity contribution in [3.8, 4) is 5.75 Å². The zero-order chi connectivity index (χ0) is 25.1. The van der Waals surface area contributed by atoms with Gasteiger partial charge in [0.05, 0.1) is 17.2 Å². The molecule has 5 rings (SSSR count). The molecule has 2 saturated carbocycles. The van der Waals surface area contributed by atoms with Crippen LogP contribution in [0.25, 0.3) is 10.4 Å². The van der Waals surface area contributed by atoms with Crippen LogP contribution >= 0.6 is 34.5 Å². The SMILES string of the molecule is [N-]=[N+]=NCOc1ccc(COC2C(C(=O)NC3CCCCC3)=CNC(N3CC4CC4C3)N2I)cc1Cl. The summed E-state index contributed by atoms with van der Waals surface area (Å²) in [5.41, 5.74) is 9.84. The molecule has 0 radical (unpaired) electrons. The summed E-state index contributed by atoms with van der Waals surface area (Å²) in [6, 6.07) is 5.56. The third-order valence-electron chi connectivity index (χ3n) is 7.41. The first-order chi connectivity index (χ1) is 17.5. The summed E-state index contributed by atoms with van der Waals surface area (Å²) in [5, 5.41) is 10.5. The van der Waals surface area contributed by atoms with E-state index in [2.05, 4.69) is 51.5 Å². The lowest BCUT2D eigenvalue weighted by atomic mass is 9.95.